The number of hydrogen-bond donors (Lipinski definition) is 1. The quantitative estimate of drug-likeness (QED) is 0.799. The van der Waals surface area contributed by atoms with Gasteiger partial charge in [-0.3, -0.25) is 4.98 Å². The maximum atomic E-state index is 11.0. The van der Waals surface area contributed by atoms with E-state index < -0.39 is 5.97 Å². The number of aromatic nitrogens is 1. The highest BCUT2D eigenvalue weighted by Gasteiger charge is 2.22. The Balaban J connectivity index is 2.31. The summed E-state index contributed by atoms with van der Waals surface area (Å²) < 4.78 is 0. The number of anilines is 1. The van der Waals surface area contributed by atoms with E-state index in [9.17, 15) is 4.79 Å². The normalized spacial score (nSPS) is 20.6. The maximum Gasteiger partial charge on any atom is 0.339 e. The first kappa shape index (κ1) is 9.96. The Kier molecular flexibility index (Phi) is 2.58. The molecule has 4 nitrogen and oxygen atoms in total. The number of nitrogens with zero attached hydrogens (tertiary/aromatic N) is 2. The first-order valence-electron chi connectivity index (χ1n) is 5.10. The molecule has 0 spiro atoms. The average Bonchev–Trinajstić information content (AvgIpc) is 2.65. The van der Waals surface area contributed by atoms with E-state index in [-0.39, 0.29) is 0 Å². The maximum absolute atomic E-state index is 11.0. The Morgan fingerprint density at radius 3 is 3.07 bits per heavy atom. The van der Waals surface area contributed by atoms with Crippen molar-refractivity contribution in [3.63, 3.8) is 0 Å². The average molecular weight is 206 g/mol. The van der Waals surface area contributed by atoms with Gasteiger partial charge in [0.25, 0.3) is 0 Å². The van der Waals surface area contributed by atoms with Crippen LogP contribution in [0.25, 0.3) is 0 Å². The number of aromatic carboxylic acids is 1. The van der Waals surface area contributed by atoms with E-state index in [1.54, 1.807) is 12.3 Å². The van der Waals surface area contributed by atoms with Crippen molar-refractivity contribution in [2.45, 2.75) is 13.3 Å². The van der Waals surface area contributed by atoms with Gasteiger partial charge in [-0.15, -0.1) is 0 Å². The molecule has 1 atom stereocenters. The van der Waals surface area contributed by atoms with Crippen LogP contribution in [0.15, 0.2) is 18.5 Å². The molecular formula is C11H14N2O2. The van der Waals surface area contributed by atoms with E-state index in [0.717, 1.165) is 25.2 Å². The van der Waals surface area contributed by atoms with Crippen molar-refractivity contribution in [2.75, 3.05) is 18.0 Å². The summed E-state index contributed by atoms with van der Waals surface area (Å²) >= 11 is 0. The summed E-state index contributed by atoms with van der Waals surface area (Å²) in [5, 5.41) is 9.03. The molecule has 1 aromatic heterocycles. The highest BCUT2D eigenvalue weighted by molar-refractivity contribution is 5.94. The third kappa shape index (κ3) is 1.93. The van der Waals surface area contributed by atoms with Crippen molar-refractivity contribution >= 4 is 11.7 Å². The van der Waals surface area contributed by atoms with Crippen LogP contribution in [0, 0.1) is 5.92 Å². The lowest BCUT2D eigenvalue weighted by molar-refractivity contribution is 0.0697. The number of carboxylic acid groups (broad SMARTS) is 1. The third-order valence-electron chi connectivity index (χ3n) is 2.79. The lowest BCUT2D eigenvalue weighted by atomic mass is 10.2. The fourth-order valence-electron chi connectivity index (χ4n) is 1.98. The van der Waals surface area contributed by atoms with Crippen LogP contribution in [-0.4, -0.2) is 29.1 Å². The topological polar surface area (TPSA) is 53.4 Å². The predicted octanol–water partition coefficient (Wildman–Crippen LogP) is 1.63. The molecule has 2 rings (SSSR count). The summed E-state index contributed by atoms with van der Waals surface area (Å²) in [6, 6.07) is 1.78. The molecule has 1 aliphatic rings. The number of carbonyl (C=O) groups is 1. The van der Waals surface area contributed by atoms with Crippen LogP contribution in [0.2, 0.25) is 0 Å². The lowest BCUT2D eigenvalue weighted by Crippen LogP contribution is -2.21. The number of carboxylic acids is 1. The van der Waals surface area contributed by atoms with Crippen molar-refractivity contribution in [1.82, 2.24) is 4.98 Å². The molecule has 1 unspecified atom stereocenters. The summed E-state index contributed by atoms with van der Waals surface area (Å²) in [5.41, 5.74) is 1.09. The van der Waals surface area contributed by atoms with Gasteiger partial charge in [0.05, 0.1) is 5.69 Å². The largest absolute Gasteiger partial charge is 0.478 e. The molecule has 0 saturated carbocycles. The Labute approximate surface area is 88.6 Å². The SMILES string of the molecule is CC1CCN(c2ccncc2C(=O)O)C1. The Bertz CT molecular complexity index is 379. The molecule has 15 heavy (non-hydrogen) atoms. The van der Waals surface area contributed by atoms with Gasteiger partial charge in [-0.2, -0.15) is 0 Å². The standard InChI is InChI=1S/C11H14N2O2/c1-8-3-5-13(7-8)10-2-4-12-6-9(10)11(14)15/h2,4,6,8H,3,5,7H2,1H3,(H,14,15). The van der Waals surface area contributed by atoms with Gasteiger partial charge >= 0.3 is 5.97 Å². The van der Waals surface area contributed by atoms with E-state index in [2.05, 4.69) is 16.8 Å². The molecule has 0 aliphatic carbocycles. The van der Waals surface area contributed by atoms with Crippen LogP contribution in [0.5, 0.6) is 0 Å². The zero-order valence-corrected chi connectivity index (χ0v) is 8.68. The van der Waals surface area contributed by atoms with Crippen LogP contribution >= 0.6 is 0 Å². The molecule has 0 radical (unpaired) electrons. The lowest BCUT2D eigenvalue weighted by Gasteiger charge is -2.19. The van der Waals surface area contributed by atoms with Gasteiger partial charge in [0, 0.05) is 25.5 Å². The molecule has 1 aromatic rings. The van der Waals surface area contributed by atoms with E-state index in [0.29, 0.717) is 11.5 Å². The molecule has 2 heterocycles. The van der Waals surface area contributed by atoms with Crippen molar-refractivity contribution in [3.8, 4) is 0 Å². The van der Waals surface area contributed by atoms with Crippen molar-refractivity contribution in [3.05, 3.63) is 24.0 Å². The van der Waals surface area contributed by atoms with E-state index >= 15 is 0 Å². The molecule has 0 amide bonds. The zero-order valence-electron chi connectivity index (χ0n) is 8.68. The second-order valence-electron chi connectivity index (χ2n) is 4.04. The molecule has 0 aromatic carbocycles. The van der Waals surface area contributed by atoms with Crippen LogP contribution in [-0.2, 0) is 0 Å². The summed E-state index contributed by atoms with van der Waals surface area (Å²) in [4.78, 5) is 17.0. The van der Waals surface area contributed by atoms with Crippen molar-refractivity contribution < 1.29 is 9.90 Å². The predicted molar refractivity (Wildman–Crippen MR) is 57.2 cm³/mol. The fourth-order valence-corrected chi connectivity index (χ4v) is 1.98. The van der Waals surface area contributed by atoms with Crippen LogP contribution in [0.1, 0.15) is 23.7 Å². The molecule has 1 fully saturated rings. The number of pyridine rings is 1. The summed E-state index contributed by atoms with van der Waals surface area (Å²) in [5.74, 6) is -0.266. The molecule has 1 N–H and O–H groups in total. The summed E-state index contributed by atoms with van der Waals surface area (Å²) in [6.45, 7) is 4.05. The molecule has 1 aliphatic heterocycles. The Hall–Kier alpha value is -1.58. The van der Waals surface area contributed by atoms with Gasteiger partial charge in [0.15, 0.2) is 0 Å². The molecule has 4 heteroatoms. The summed E-state index contributed by atoms with van der Waals surface area (Å²) in [6.07, 6.45) is 4.19. The number of rotatable bonds is 2. The fraction of sp³-hybridized carbons (Fsp3) is 0.455. The van der Waals surface area contributed by atoms with E-state index in [1.165, 1.54) is 6.20 Å². The molecular weight excluding hydrogens is 192 g/mol. The van der Waals surface area contributed by atoms with Crippen molar-refractivity contribution in [2.24, 2.45) is 5.92 Å². The minimum Gasteiger partial charge on any atom is -0.478 e. The minimum atomic E-state index is -0.905. The number of hydrogen-bond acceptors (Lipinski definition) is 3. The van der Waals surface area contributed by atoms with E-state index in [4.69, 9.17) is 5.11 Å². The monoisotopic (exact) mass is 206 g/mol. The van der Waals surface area contributed by atoms with Gasteiger partial charge in [-0.1, -0.05) is 6.92 Å². The third-order valence-corrected chi connectivity index (χ3v) is 2.79. The van der Waals surface area contributed by atoms with Crippen molar-refractivity contribution in [1.29, 1.82) is 0 Å². The van der Waals surface area contributed by atoms with Gasteiger partial charge < -0.3 is 10.0 Å². The smallest absolute Gasteiger partial charge is 0.339 e. The first-order chi connectivity index (χ1) is 7.18. The zero-order chi connectivity index (χ0) is 10.8. The summed E-state index contributed by atoms with van der Waals surface area (Å²) in [7, 11) is 0. The second kappa shape index (κ2) is 3.88. The van der Waals surface area contributed by atoms with E-state index in [1.807, 2.05) is 0 Å². The molecule has 1 saturated heterocycles. The highest BCUT2D eigenvalue weighted by Crippen LogP contribution is 2.26. The van der Waals surface area contributed by atoms with Gasteiger partial charge in [0.1, 0.15) is 5.56 Å². The second-order valence-corrected chi connectivity index (χ2v) is 4.04. The van der Waals surface area contributed by atoms with Gasteiger partial charge in [-0.05, 0) is 18.4 Å². The molecule has 0 bridgehead atoms. The van der Waals surface area contributed by atoms with Crippen LogP contribution in [0.4, 0.5) is 5.69 Å². The highest BCUT2D eigenvalue weighted by atomic mass is 16.4. The molecule has 80 valence electrons. The minimum absolute atomic E-state index is 0.298. The van der Waals surface area contributed by atoms with Gasteiger partial charge in [-0.25, -0.2) is 4.79 Å². The van der Waals surface area contributed by atoms with Crippen LogP contribution < -0.4 is 4.90 Å². The first-order valence-corrected chi connectivity index (χ1v) is 5.10. The van der Waals surface area contributed by atoms with Gasteiger partial charge in [0.2, 0.25) is 0 Å². The Morgan fingerprint density at radius 1 is 1.67 bits per heavy atom. The Morgan fingerprint density at radius 2 is 2.47 bits per heavy atom. The van der Waals surface area contributed by atoms with Crippen LogP contribution in [0.3, 0.4) is 0 Å².